The SMILES string of the molecule is O=C(Nc1ccc(N2CCN(C3CCCC3)C2=O)nc1)c1ccoc1. The first kappa shape index (κ1) is 15.7. The molecule has 2 aromatic heterocycles. The predicted octanol–water partition coefficient (Wildman–Crippen LogP) is 3.11. The van der Waals surface area contributed by atoms with E-state index in [1.807, 2.05) is 4.90 Å². The van der Waals surface area contributed by atoms with Crippen LogP contribution in [0.1, 0.15) is 36.0 Å². The van der Waals surface area contributed by atoms with Crippen LogP contribution in [0.3, 0.4) is 0 Å². The van der Waals surface area contributed by atoms with Gasteiger partial charge in [-0.1, -0.05) is 12.8 Å². The Hall–Kier alpha value is -2.83. The number of hydrogen-bond acceptors (Lipinski definition) is 4. The maximum atomic E-state index is 12.6. The Morgan fingerprint density at radius 2 is 2.04 bits per heavy atom. The summed E-state index contributed by atoms with van der Waals surface area (Å²) < 4.78 is 4.90. The van der Waals surface area contributed by atoms with Crippen molar-refractivity contribution in [1.82, 2.24) is 9.88 Å². The summed E-state index contributed by atoms with van der Waals surface area (Å²) in [7, 11) is 0. The Kier molecular flexibility index (Phi) is 4.13. The van der Waals surface area contributed by atoms with Gasteiger partial charge in [-0.3, -0.25) is 9.69 Å². The number of furan rings is 1. The molecule has 0 unspecified atom stereocenters. The Morgan fingerprint density at radius 3 is 2.72 bits per heavy atom. The lowest BCUT2D eigenvalue weighted by molar-refractivity contribution is 0.102. The van der Waals surface area contributed by atoms with E-state index < -0.39 is 0 Å². The van der Waals surface area contributed by atoms with Crippen molar-refractivity contribution >= 4 is 23.4 Å². The maximum Gasteiger partial charge on any atom is 0.326 e. The lowest BCUT2D eigenvalue weighted by atomic mass is 10.2. The Morgan fingerprint density at radius 1 is 1.20 bits per heavy atom. The third kappa shape index (κ3) is 3.09. The molecule has 1 N–H and O–H groups in total. The van der Waals surface area contributed by atoms with E-state index in [4.69, 9.17) is 4.42 Å². The molecule has 3 heterocycles. The standard InChI is InChI=1S/C18H20N4O3/c23-17(13-7-10-25-12-13)20-14-5-6-16(19-11-14)22-9-8-21(18(22)24)15-3-1-2-4-15/h5-7,10-12,15H,1-4,8-9H2,(H,20,23). The van der Waals surface area contributed by atoms with Crippen molar-refractivity contribution in [2.45, 2.75) is 31.7 Å². The maximum absolute atomic E-state index is 12.6. The minimum absolute atomic E-state index is 0.0367. The zero-order chi connectivity index (χ0) is 17.2. The first-order chi connectivity index (χ1) is 12.2. The van der Waals surface area contributed by atoms with Crippen LogP contribution in [-0.4, -0.2) is 41.0 Å². The summed E-state index contributed by atoms with van der Waals surface area (Å²) in [5.41, 5.74) is 1.03. The fourth-order valence-corrected chi connectivity index (χ4v) is 3.54. The quantitative estimate of drug-likeness (QED) is 0.927. The normalized spacial score (nSPS) is 18.2. The molecule has 1 saturated heterocycles. The number of carbonyl (C=O) groups is 2. The number of nitrogens with one attached hydrogen (secondary N) is 1. The summed E-state index contributed by atoms with van der Waals surface area (Å²) in [5, 5.41) is 2.75. The molecule has 0 bridgehead atoms. The van der Waals surface area contributed by atoms with Gasteiger partial charge in [-0.25, -0.2) is 9.78 Å². The third-order valence-electron chi connectivity index (χ3n) is 4.87. The Bertz CT molecular complexity index is 751. The highest BCUT2D eigenvalue weighted by Gasteiger charge is 2.36. The highest BCUT2D eigenvalue weighted by atomic mass is 16.3. The molecule has 4 rings (SSSR count). The van der Waals surface area contributed by atoms with Gasteiger partial charge < -0.3 is 14.6 Å². The summed E-state index contributed by atoms with van der Waals surface area (Å²) >= 11 is 0. The minimum Gasteiger partial charge on any atom is -0.472 e. The second-order valence-electron chi connectivity index (χ2n) is 6.44. The van der Waals surface area contributed by atoms with Crippen LogP contribution >= 0.6 is 0 Å². The molecule has 0 atom stereocenters. The van der Waals surface area contributed by atoms with Crippen LogP contribution in [-0.2, 0) is 0 Å². The van der Waals surface area contributed by atoms with Crippen LogP contribution in [0.4, 0.5) is 16.3 Å². The smallest absolute Gasteiger partial charge is 0.326 e. The molecule has 2 aromatic rings. The summed E-state index contributed by atoms with van der Waals surface area (Å²) in [6.07, 6.45) is 9.02. The van der Waals surface area contributed by atoms with Crippen LogP contribution in [0.2, 0.25) is 0 Å². The van der Waals surface area contributed by atoms with Crippen molar-refractivity contribution in [3.05, 3.63) is 42.5 Å². The number of pyridine rings is 1. The number of carbonyl (C=O) groups excluding carboxylic acids is 2. The van der Waals surface area contributed by atoms with E-state index in [9.17, 15) is 9.59 Å². The first-order valence-corrected chi connectivity index (χ1v) is 8.60. The zero-order valence-corrected chi connectivity index (χ0v) is 13.9. The van der Waals surface area contributed by atoms with Crippen molar-refractivity contribution in [1.29, 1.82) is 0 Å². The van der Waals surface area contributed by atoms with Crippen molar-refractivity contribution in [3.8, 4) is 0 Å². The van der Waals surface area contributed by atoms with Crippen LogP contribution < -0.4 is 10.2 Å². The summed E-state index contributed by atoms with van der Waals surface area (Å²) in [4.78, 5) is 32.7. The molecule has 0 spiro atoms. The van der Waals surface area contributed by atoms with Crippen LogP contribution in [0, 0.1) is 0 Å². The number of urea groups is 1. The molecule has 7 nitrogen and oxygen atoms in total. The van der Waals surface area contributed by atoms with Crippen LogP contribution in [0.15, 0.2) is 41.3 Å². The molecule has 1 aliphatic carbocycles. The molecule has 2 fully saturated rings. The summed E-state index contributed by atoms with van der Waals surface area (Å²) in [6, 6.07) is 5.53. The van der Waals surface area contributed by atoms with Crippen LogP contribution in [0.25, 0.3) is 0 Å². The second kappa shape index (κ2) is 6.58. The average molecular weight is 340 g/mol. The van der Waals surface area contributed by atoms with Crippen molar-refractivity contribution in [2.75, 3.05) is 23.3 Å². The minimum atomic E-state index is -0.257. The molecular weight excluding hydrogens is 320 g/mol. The second-order valence-corrected chi connectivity index (χ2v) is 6.44. The average Bonchev–Trinajstić information content (AvgIpc) is 3.37. The number of rotatable bonds is 4. The number of anilines is 2. The highest BCUT2D eigenvalue weighted by Crippen LogP contribution is 2.28. The van der Waals surface area contributed by atoms with Gasteiger partial charge in [-0.15, -0.1) is 0 Å². The fraction of sp³-hybridized carbons (Fsp3) is 0.389. The fourth-order valence-electron chi connectivity index (χ4n) is 3.54. The van der Waals surface area contributed by atoms with Crippen LogP contribution in [0.5, 0.6) is 0 Å². The van der Waals surface area contributed by atoms with Crippen molar-refractivity contribution in [2.24, 2.45) is 0 Å². The monoisotopic (exact) mass is 340 g/mol. The Balaban J connectivity index is 1.42. The molecule has 3 amide bonds. The predicted molar refractivity (Wildman–Crippen MR) is 92.6 cm³/mol. The van der Waals surface area contributed by atoms with Gasteiger partial charge in [-0.05, 0) is 31.0 Å². The molecule has 2 aliphatic rings. The van der Waals surface area contributed by atoms with E-state index in [0.29, 0.717) is 29.7 Å². The summed E-state index contributed by atoms with van der Waals surface area (Å²) in [5.74, 6) is 0.361. The molecule has 0 aromatic carbocycles. The number of hydrogen-bond donors (Lipinski definition) is 1. The number of aromatic nitrogens is 1. The van der Waals surface area contributed by atoms with Gasteiger partial charge >= 0.3 is 6.03 Å². The van der Waals surface area contributed by atoms with Gasteiger partial charge in [0.25, 0.3) is 5.91 Å². The van der Waals surface area contributed by atoms with E-state index >= 15 is 0 Å². The molecule has 1 aliphatic heterocycles. The van der Waals surface area contributed by atoms with Crippen molar-refractivity contribution < 1.29 is 14.0 Å². The van der Waals surface area contributed by atoms with Gasteiger partial charge in [0.15, 0.2) is 0 Å². The molecule has 7 heteroatoms. The molecule has 1 saturated carbocycles. The van der Waals surface area contributed by atoms with Crippen molar-refractivity contribution in [3.63, 3.8) is 0 Å². The number of amides is 3. The third-order valence-corrected chi connectivity index (χ3v) is 4.87. The molecular formula is C18H20N4O3. The Labute approximate surface area is 145 Å². The zero-order valence-electron chi connectivity index (χ0n) is 13.9. The van der Waals surface area contributed by atoms with E-state index in [1.165, 1.54) is 25.4 Å². The largest absolute Gasteiger partial charge is 0.472 e. The van der Waals surface area contributed by atoms with Gasteiger partial charge in [0, 0.05) is 19.1 Å². The van der Waals surface area contributed by atoms with E-state index in [1.54, 1.807) is 29.3 Å². The number of nitrogens with zero attached hydrogens (tertiary/aromatic N) is 3. The lowest BCUT2D eigenvalue weighted by Gasteiger charge is -2.23. The van der Waals surface area contributed by atoms with Gasteiger partial charge in [0.2, 0.25) is 0 Å². The van der Waals surface area contributed by atoms with Gasteiger partial charge in [-0.2, -0.15) is 0 Å². The lowest BCUT2D eigenvalue weighted by Crippen LogP contribution is -2.38. The molecule has 25 heavy (non-hydrogen) atoms. The van der Waals surface area contributed by atoms with Gasteiger partial charge in [0.05, 0.1) is 23.7 Å². The van der Waals surface area contributed by atoms with Gasteiger partial charge in [0.1, 0.15) is 12.1 Å². The molecule has 130 valence electrons. The first-order valence-electron chi connectivity index (χ1n) is 8.60. The highest BCUT2D eigenvalue weighted by molar-refractivity contribution is 6.04. The summed E-state index contributed by atoms with van der Waals surface area (Å²) in [6.45, 7) is 1.41. The topological polar surface area (TPSA) is 78.7 Å². The van der Waals surface area contributed by atoms with E-state index in [2.05, 4.69) is 10.3 Å². The van der Waals surface area contributed by atoms with E-state index in [0.717, 1.165) is 19.4 Å². The molecule has 0 radical (unpaired) electrons. The van der Waals surface area contributed by atoms with E-state index in [-0.39, 0.29) is 11.9 Å².